The molecule has 2 aromatic rings. The van der Waals surface area contributed by atoms with Gasteiger partial charge in [-0.3, -0.25) is 10.1 Å². The molecule has 2 rings (SSSR count). The van der Waals surface area contributed by atoms with Crippen LogP contribution < -0.4 is 0 Å². The van der Waals surface area contributed by atoms with Gasteiger partial charge in [0.2, 0.25) is 9.84 Å². The van der Waals surface area contributed by atoms with Gasteiger partial charge in [-0.2, -0.15) is 5.26 Å². The van der Waals surface area contributed by atoms with Gasteiger partial charge in [0.05, 0.1) is 15.4 Å². The van der Waals surface area contributed by atoms with Crippen LogP contribution in [0.15, 0.2) is 38.7 Å². The van der Waals surface area contributed by atoms with Crippen LogP contribution in [0.3, 0.4) is 0 Å². The number of hydrogen-bond donors (Lipinski definition) is 0. The highest BCUT2D eigenvalue weighted by molar-refractivity contribution is 9.10. The van der Waals surface area contributed by atoms with Gasteiger partial charge in [-0.25, -0.2) is 13.4 Å². The molecular formula is C14H10BrN3O4S. The number of halogens is 1. The zero-order valence-corrected chi connectivity index (χ0v) is 14.5. The minimum absolute atomic E-state index is 0.0133. The van der Waals surface area contributed by atoms with Crippen LogP contribution in [0.2, 0.25) is 0 Å². The van der Waals surface area contributed by atoms with Crippen molar-refractivity contribution in [3.63, 3.8) is 0 Å². The Morgan fingerprint density at radius 3 is 2.30 bits per heavy atom. The van der Waals surface area contributed by atoms with Crippen LogP contribution >= 0.6 is 15.9 Å². The second-order valence-electron chi connectivity index (χ2n) is 4.68. The van der Waals surface area contributed by atoms with Gasteiger partial charge < -0.3 is 0 Å². The summed E-state index contributed by atoms with van der Waals surface area (Å²) in [4.78, 5) is 14.2. The second kappa shape index (κ2) is 6.06. The average Bonchev–Trinajstić information content (AvgIpc) is 2.46. The van der Waals surface area contributed by atoms with E-state index in [2.05, 4.69) is 20.9 Å². The van der Waals surface area contributed by atoms with Gasteiger partial charge in [0, 0.05) is 10.0 Å². The largest absolute Gasteiger partial charge is 0.294 e. The molecule has 0 spiro atoms. The molecule has 0 saturated heterocycles. The summed E-state index contributed by atoms with van der Waals surface area (Å²) < 4.78 is 26.1. The van der Waals surface area contributed by atoms with Crippen LogP contribution in [0.1, 0.15) is 16.8 Å². The Hall–Kier alpha value is -2.31. The van der Waals surface area contributed by atoms with Crippen molar-refractivity contribution in [2.24, 2.45) is 0 Å². The monoisotopic (exact) mass is 395 g/mol. The number of hydrogen-bond acceptors (Lipinski definition) is 6. The molecule has 23 heavy (non-hydrogen) atoms. The maximum Gasteiger partial charge on any atom is 0.294 e. The molecule has 7 nitrogen and oxygen atoms in total. The molecule has 0 radical (unpaired) electrons. The normalized spacial score (nSPS) is 11.0. The first-order chi connectivity index (χ1) is 10.7. The predicted molar refractivity (Wildman–Crippen MR) is 84.7 cm³/mol. The molecule has 9 heteroatoms. The molecular weight excluding hydrogens is 386 g/mol. The van der Waals surface area contributed by atoms with Crippen LogP contribution in [-0.2, 0) is 9.84 Å². The number of nitrogens with zero attached hydrogens (tertiary/aromatic N) is 3. The smallest absolute Gasteiger partial charge is 0.258 e. The molecule has 0 saturated carbocycles. The predicted octanol–water partition coefficient (Wildman–Crippen LogP) is 3.07. The van der Waals surface area contributed by atoms with Crippen LogP contribution in [0, 0.1) is 35.3 Å². The fourth-order valence-electron chi connectivity index (χ4n) is 2.13. The van der Waals surface area contributed by atoms with E-state index in [1.807, 2.05) is 0 Å². The second-order valence-corrected chi connectivity index (χ2v) is 7.46. The van der Waals surface area contributed by atoms with Crippen molar-refractivity contribution < 1.29 is 13.3 Å². The van der Waals surface area contributed by atoms with Crippen LogP contribution in [0.25, 0.3) is 0 Å². The van der Waals surface area contributed by atoms with Gasteiger partial charge in [0.1, 0.15) is 11.8 Å². The van der Waals surface area contributed by atoms with E-state index in [4.69, 9.17) is 0 Å². The Balaban J connectivity index is 2.81. The van der Waals surface area contributed by atoms with Gasteiger partial charge in [-0.05, 0) is 38.1 Å². The van der Waals surface area contributed by atoms with Gasteiger partial charge in [0.15, 0.2) is 5.03 Å². The Bertz CT molecular complexity index is 947. The van der Waals surface area contributed by atoms with Crippen molar-refractivity contribution in [2.75, 3.05) is 0 Å². The molecule has 1 aromatic heterocycles. The SMILES string of the molecule is Cc1nc(S(=O)(=O)c2ccc(Br)cc2)c(C#N)c(C)c1[N+](=O)[O-]. The molecule has 1 aromatic carbocycles. The fraction of sp³-hybridized carbons (Fsp3) is 0.143. The maximum absolute atomic E-state index is 12.7. The van der Waals surface area contributed by atoms with Gasteiger partial charge in [-0.1, -0.05) is 15.9 Å². The van der Waals surface area contributed by atoms with Crippen LogP contribution in [-0.4, -0.2) is 18.3 Å². The standard InChI is InChI=1S/C14H10BrN3O4S/c1-8-12(7-16)14(17-9(2)13(8)18(19)20)23(21,22)11-5-3-10(15)4-6-11/h3-6H,1-2H3. The molecule has 0 fully saturated rings. The van der Waals surface area contributed by atoms with Crippen molar-refractivity contribution in [3.8, 4) is 6.07 Å². The van der Waals surface area contributed by atoms with Gasteiger partial charge >= 0.3 is 0 Å². The summed E-state index contributed by atoms with van der Waals surface area (Å²) >= 11 is 3.21. The van der Waals surface area contributed by atoms with Crippen molar-refractivity contribution in [2.45, 2.75) is 23.8 Å². The van der Waals surface area contributed by atoms with E-state index >= 15 is 0 Å². The minimum atomic E-state index is -4.06. The number of aromatic nitrogens is 1. The topological polar surface area (TPSA) is 114 Å². The molecule has 0 aliphatic carbocycles. The van der Waals surface area contributed by atoms with Crippen LogP contribution in [0.4, 0.5) is 5.69 Å². The lowest BCUT2D eigenvalue weighted by molar-refractivity contribution is -0.386. The summed E-state index contributed by atoms with van der Waals surface area (Å²) in [5.41, 5.74) is -0.732. The molecule has 0 aliphatic heterocycles. The van der Waals surface area contributed by atoms with Crippen LogP contribution in [0.5, 0.6) is 0 Å². The lowest BCUT2D eigenvalue weighted by Crippen LogP contribution is -2.11. The zero-order valence-electron chi connectivity index (χ0n) is 12.1. The molecule has 0 N–H and O–H groups in total. The highest BCUT2D eigenvalue weighted by Gasteiger charge is 2.30. The molecule has 0 bridgehead atoms. The molecule has 0 amide bonds. The third-order valence-corrected chi connectivity index (χ3v) is 5.45. The summed E-state index contributed by atoms with van der Waals surface area (Å²) in [6.45, 7) is 2.68. The Morgan fingerprint density at radius 1 is 1.26 bits per heavy atom. The van der Waals surface area contributed by atoms with Crippen molar-refractivity contribution in [3.05, 3.63) is 55.7 Å². The minimum Gasteiger partial charge on any atom is -0.258 e. The Kier molecular flexibility index (Phi) is 4.49. The van der Waals surface area contributed by atoms with E-state index in [1.54, 1.807) is 18.2 Å². The number of pyridine rings is 1. The van der Waals surface area contributed by atoms with E-state index < -0.39 is 19.8 Å². The van der Waals surface area contributed by atoms with E-state index in [9.17, 15) is 23.8 Å². The maximum atomic E-state index is 12.7. The Labute approximate surface area is 140 Å². The number of nitro groups is 1. The first kappa shape index (κ1) is 17.1. The zero-order chi connectivity index (χ0) is 17.4. The van der Waals surface area contributed by atoms with Gasteiger partial charge in [-0.15, -0.1) is 0 Å². The third kappa shape index (κ3) is 2.95. The molecule has 0 aliphatic rings. The number of aryl methyl sites for hydroxylation is 1. The summed E-state index contributed by atoms with van der Waals surface area (Å²) in [5, 5.41) is 19.9. The molecule has 118 valence electrons. The number of sulfone groups is 1. The first-order valence-corrected chi connectivity index (χ1v) is 8.54. The van der Waals surface area contributed by atoms with Crippen molar-refractivity contribution in [1.29, 1.82) is 5.26 Å². The van der Waals surface area contributed by atoms with E-state index in [-0.39, 0.29) is 27.4 Å². The third-order valence-electron chi connectivity index (χ3n) is 3.23. The number of benzene rings is 1. The molecule has 0 atom stereocenters. The van der Waals surface area contributed by atoms with Crippen molar-refractivity contribution in [1.82, 2.24) is 4.98 Å². The highest BCUT2D eigenvalue weighted by Crippen LogP contribution is 2.31. The van der Waals surface area contributed by atoms with Crippen molar-refractivity contribution >= 4 is 31.5 Å². The quantitative estimate of drug-likeness (QED) is 0.582. The summed E-state index contributed by atoms with van der Waals surface area (Å²) in [7, 11) is -4.06. The average molecular weight is 396 g/mol. The highest BCUT2D eigenvalue weighted by atomic mass is 79.9. The summed E-state index contributed by atoms with van der Waals surface area (Å²) in [5.74, 6) is 0. The number of nitriles is 1. The van der Waals surface area contributed by atoms with Gasteiger partial charge in [0.25, 0.3) is 5.69 Å². The Morgan fingerprint density at radius 2 is 1.83 bits per heavy atom. The van der Waals surface area contributed by atoms with E-state index in [0.29, 0.717) is 4.47 Å². The van der Waals surface area contributed by atoms with E-state index in [1.165, 1.54) is 26.0 Å². The molecule has 1 heterocycles. The van der Waals surface area contributed by atoms with E-state index in [0.717, 1.165) is 0 Å². The summed E-state index contributed by atoms with van der Waals surface area (Å²) in [6.07, 6.45) is 0. The fourth-order valence-corrected chi connectivity index (χ4v) is 3.84. The summed E-state index contributed by atoms with van der Waals surface area (Å²) in [6, 6.07) is 7.55. The lowest BCUT2D eigenvalue weighted by Gasteiger charge is -2.10. The lowest BCUT2D eigenvalue weighted by atomic mass is 10.1. The number of rotatable bonds is 3. The molecule has 0 unspecified atom stereocenters. The first-order valence-electron chi connectivity index (χ1n) is 6.26.